The Morgan fingerprint density at radius 2 is 1.97 bits per heavy atom. The van der Waals surface area contributed by atoms with E-state index < -0.39 is 17.9 Å². The van der Waals surface area contributed by atoms with Gasteiger partial charge in [-0.05, 0) is 29.3 Å². The van der Waals surface area contributed by atoms with Gasteiger partial charge in [-0.2, -0.15) is 0 Å². The molecule has 1 N–H and O–H groups in total. The number of carbonyl (C=O) groups excluding carboxylic acids is 4. The summed E-state index contributed by atoms with van der Waals surface area (Å²) in [4.78, 5) is 49.5. The normalized spacial score (nSPS) is 14.5. The minimum Gasteiger partial charge on any atom is -0.469 e. The number of halogens is 1. The van der Waals surface area contributed by atoms with Gasteiger partial charge >= 0.3 is 5.97 Å². The second-order valence-electron chi connectivity index (χ2n) is 6.56. The number of hydrogen-bond donors (Lipinski definition) is 1. The first-order valence-electron chi connectivity index (χ1n) is 9.07. The van der Waals surface area contributed by atoms with Crippen molar-refractivity contribution in [1.29, 1.82) is 0 Å². The molecule has 0 aliphatic carbocycles. The van der Waals surface area contributed by atoms with E-state index in [0.717, 1.165) is 16.7 Å². The van der Waals surface area contributed by atoms with Gasteiger partial charge in [0.15, 0.2) is 0 Å². The lowest BCUT2D eigenvalue weighted by molar-refractivity contribution is -0.141. The van der Waals surface area contributed by atoms with Crippen molar-refractivity contribution in [2.45, 2.75) is 19.0 Å². The molecule has 1 heterocycles. The highest BCUT2D eigenvalue weighted by atomic mass is 35.5. The Hall–Kier alpha value is -2.84. The van der Waals surface area contributed by atoms with Crippen LogP contribution in [0.15, 0.2) is 48.5 Å². The first-order valence-corrected chi connectivity index (χ1v) is 10.4. The van der Waals surface area contributed by atoms with E-state index in [1.807, 2.05) is 0 Å². The van der Waals surface area contributed by atoms with Gasteiger partial charge in [0.05, 0.1) is 31.9 Å². The number of amides is 3. The zero-order chi connectivity index (χ0) is 21.7. The summed E-state index contributed by atoms with van der Waals surface area (Å²) in [5.74, 6) is -1.03. The van der Waals surface area contributed by atoms with E-state index in [4.69, 9.17) is 16.3 Å². The standard InChI is InChI=1S/C21H19ClN2O5S/c1-29-19(26)10-17(15-7-2-3-8-16(15)22)23-20(27)14-6-4-5-13(9-14)11-24-18(25)12-30-21(24)28/h2-9,17H,10-12H2,1H3,(H,23,27). The monoisotopic (exact) mass is 446 g/mol. The molecule has 2 aromatic rings. The van der Waals surface area contributed by atoms with E-state index in [0.29, 0.717) is 21.7 Å². The summed E-state index contributed by atoms with van der Waals surface area (Å²) in [6, 6.07) is 12.9. The lowest BCUT2D eigenvalue weighted by atomic mass is 10.0. The summed E-state index contributed by atoms with van der Waals surface area (Å²) in [6.45, 7) is 0.0991. The second-order valence-corrected chi connectivity index (χ2v) is 7.90. The molecule has 156 valence electrons. The lowest BCUT2D eigenvalue weighted by Gasteiger charge is -2.20. The van der Waals surface area contributed by atoms with Crippen molar-refractivity contribution in [1.82, 2.24) is 10.2 Å². The quantitative estimate of drug-likeness (QED) is 0.653. The van der Waals surface area contributed by atoms with Crippen molar-refractivity contribution in [2.24, 2.45) is 0 Å². The zero-order valence-electron chi connectivity index (χ0n) is 16.1. The highest BCUT2D eigenvalue weighted by Crippen LogP contribution is 2.26. The summed E-state index contributed by atoms with van der Waals surface area (Å²) in [7, 11) is 1.27. The van der Waals surface area contributed by atoms with Crippen molar-refractivity contribution >= 4 is 46.4 Å². The number of thioether (sulfide) groups is 1. The predicted octanol–water partition coefficient (Wildman–Crippen LogP) is 3.57. The molecule has 0 saturated carbocycles. The number of hydrogen-bond acceptors (Lipinski definition) is 6. The number of benzene rings is 2. The molecule has 7 nitrogen and oxygen atoms in total. The average Bonchev–Trinajstić information content (AvgIpc) is 3.05. The molecule has 1 fully saturated rings. The number of nitrogens with zero attached hydrogens (tertiary/aromatic N) is 1. The van der Waals surface area contributed by atoms with Crippen LogP contribution in [0.2, 0.25) is 5.02 Å². The zero-order valence-corrected chi connectivity index (χ0v) is 17.7. The van der Waals surface area contributed by atoms with Crippen LogP contribution in [0, 0.1) is 0 Å². The number of methoxy groups -OCH3 is 1. The summed E-state index contributed by atoms with van der Waals surface area (Å²) in [6.07, 6.45) is -0.0837. The van der Waals surface area contributed by atoms with E-state index in [1.54, 1.807) is 48.5 Å². The molecule has 1 saturated heterocycles. The summed E-state index contributed by atoms with van der Waals surface area (Å²) < 4.78 is 4.74. The molecule has 3 amide bonds. The molecular formula is C21H19ClN2O5S. The topological polar surface area (TPSA) is 92.8 Å². The molecule has 0 radical (unpaired) electrons. The minimum atomic E-state index is -0.680. The van der Waals surface area contributed by atoms with Crippen LogP contribution in [0.4, 0.5) is 4.79 Å². The van der Waals surface area contributed by atoms with E-state index in [2.05, 4.69) is 5.32 Å². The number of rotatable bonds is 7. The fourth-order valence-corrected chi connectivity index (χ4v) is 4.01. The molecule has 1 aliphatic rings. The van der Waals surface area contributed by atoms with E-state index in [9.17, 15) is 19.2 Å². The molecule has 9 heteroatoms. The molecular weight excluding hydrogens is 428 g/mol. The van der Waals surface area contributed by atoms with E-state index in [1.165, 1.54) is 7.11 Å². The third-order valence-electron chi connectivity index (χ3n) is 4.55. The van der Waals surface area contributed by atoms with Gasteiger partial charge in [-0.15, -0.1) is 0 Å². The largest absolute Gasteiger partial charge is 0.469 e. The van der Waals surface area contributed by atoms with Crippen molar-refractivity contribution in [3.63, 3.8) is 0 Å². The van der Waals surface area contributed by atoms with Crippen LogP contribution < -0.4 is 5.32 Å². The molecule has 1 aliphatic heterocycles. The molecule has 0 bridgehead atoms. The second kappa shape index (κ2) is 9.77. The highest BCUT2D eigenvalue weighted by Gasteiger charge is 2.30. The minimum absolute atomic E-state index is 0.0837. The molecule has 0 aromatic heterocycles. The Kier molecular flexibility index (Phi) is 7.12. The van der Waals surface area contributed by atoms with E-state index >= 15 is 0 Å². The number of imide groups is 1. The third kappa shape index (κ3) is 5.20. The van der Waals surface area contributed by atoms with Gasteiger partial charge in [0.25, 0.3) is 11.1 Å². The van der Waals surface area contributed by atoms with Crippen molar-refractivity contribution < 1.29 is 23.9 Å². The van der Waals surface area contributed by atoms with Gasteiger partial charge in [-0.1, -0.05) is 53.7 Å². The van der Waals surface area contributed by atoms with Crippen LogP contribution in [0.1, 0.15) is 33.9 Å². The fourth-order valence-electron chi connectivity index (χ4n) is 3.02. The first-order chi connectivity index (χ1) is 14.4. The molecule has 1 atom stereocenters. The molecule has 1 unspecified atom stereocenters. The van der Waals surface area contributed by atoms with Crippen LogP contribution in [0.3, 0.4) is 0 Å². The molecule has 0 spiro atoms. The number of nitrogens with one attached hydrogen (secondary N) is 1. The van der Waals surface area contributed by atoms with E-state index in [-0.39, 0.29) is 29.9 Å². The van der Waals surface area contributed by atoms with Gasteiger partial charge in [-0.3, -0.25) is 24.1 Å². The number of esters is 1. The van der Waals surface area contributed by atoms with Gasteiger partial charge < -0.3 is 10.1 Å². The Bertz CT molecular complexity index is 981. The first kappa shape index (κ1) is 21.9. The summed E-state index contributed by atoms with van der Waals surface area (Å²) in [5, 5.41) is 2.94. The number of ether oxygens (including phenoxy) is 1. The summed E-state index contributed by atoms with van der Waals surface area (Å²) >= 11 is 7.21. The lowest BCUT2D eigenvalue weighted by Crippen LogP contribution is -2.31. The Balaban J connectivity index is 1.78. The Morgan fingerprint density at radius 3 is 2.63 bits per heavy atom. The maximum atomic E-state index is 12.9. The maximum Gasteiger partial charge on any atom is 0.307 e. The third-order valence-corrected chi connectivity index (χ3v) is 5.76. The Morgan fingerprint density at radius 1 is 1.20 bits per heavy atom. The van der Waals surface area contributed by atoms with Gasteiger partial charge in [0, 0.05) is 10.6 Å². The van der Waals surface area contributed by atoms with Crippen LogP contribution in [0.25, 0.3) is 0 Å². The molecule has 2 aromatic carbocycles. The predicted molar refractivity (Wildman–Crippen MR) is 113 cm³/mol. The van der Waals surface area contributed by atoms with Gasteiger partial charge in [-0.25, -0.2) is 0 Å². The average molecular weight is 447 g/mol. The fraction of sp³-hybridized carbons (Fsp3) is 0.238. The van der Waals surface area contributed by atoms with Crippen molar-refractivity contribution in [2.75, 3.05) is 12.9 Å². The summed E-state index contributed by atoms with van der Waals surface area (Å²) in [5.41, 5.74) is 1.58. The smallest absolute Gasteiger partial charge is 0.307 e. The Labute approximate surface area is 182 Å². The van der Waals surface area contributed by atoms with Crippen LogP contribution >= 0.6 is 23.4 Å². The SMILES string of the molecule is COC(=O)CC(NC(=O)c1cccc(CN2C(=O)CSC2=O)c1)c1ccccc1Cl. The van der Waals surface area contributed by atoms with Crippen LogP contribution in [-0.2, 0) is 20.9 Å². The maximum absolute atomic E-state index is 12.9. The molecule has 3 rings (SSSR count). The number of carbonyl (C=O) groups is 4. The van der Waals surface area contributed by atoms with Gasteiger partial charge in [0.2, 0.25) is 5.91 Å². The van der Waals surface area contributed by atoms with Crippen LogP contribution in [-0.4, -0.2) is 40.8 Å². The highest BCUT2D eigenvalue weighted by molar-refractivity contribution is 8.14. The molecule has 30 heavy (non-hydrogen) atoms. The van der Waals surface area contributed by atoms with Crippen molar-refractivity contribution in [3.05, 3.63) is 70.2 Å². The van der Waals surface area contributed by atoms with Gasteiger partial charge in [0.1, 0.15) is 0 Å². The van der Waals surface area contributed by atoms with Crippen molar-refractivity contribution in [3.8, 4) is 0 Å². The van der Waals surface area contributed by atoms with Crippen LogP contribution in [0.5, 0.6) is 0 Å².